The van der Waals surface area contributed by atoms with Crippen molar-refractivity contribution >= 4 is 40.1 Å². The van der Waals surface area contributed by atoms with Crippen molar-refractivity contribution in [1.29, 1.82) is 0 Å². The van der Waals surface area contributed by atoms with Gasteiger partial charge in [-0.3, -0.25) is 14.0 Å². The van der Waals surface area contributed by atoms with E-state index in [2.05, 4.69) is 20.9 Å². The van der Waals surface area contributed by atoms with E-state index in [4.69, 9.17) is 32.0 Å². The van der Waals surface area contributed by atoms with Gasteiger partial charge in [-0.2, -0.15) is 0 Å². The highest BCUT2D eigenvalue weighted by molar-refractivity contribution is 6.29. The average molecular weight is 653 g/mol. The predicted molar refractivity (Wildman–Crippen MR) is 179 cm³/mol. The Balaban J connectivity index is 1.17. The number of amides is 2. The summed E-state index contributed by atoms with van der Waals surface area (Å²) < 4.78 is 10.1. The summed E-state index contributed by atoms with van der Waals surface area (Å²) in [6.45, 7) is 4.76. The maximum absolute atomic E-state index is 13.8. The van der Waals surface area contributed by atoms with Crippen LogP contribution in [-0.2, 0) is 6.54 Å². The summed E-state index contributed by atoms with van der Waals surface area (Å²) in [5.41, 5.74) is 12.3. The second-order valence-corrected chi connectivity index (χ2v) is 13.6. The number of rotatable bonds is 8. The van der Waals surface area contributed by atoms with E-state index in [1.54, 1.807) is 19.2 Å². The summed E-state index contributed by atoms with van der Waals surface area (Å²) in [4.78, 5) is 42.9. The number of hydrogen-bond acceptors (Lipinski definition) is 7. The van der Waals surface area contributed by atoms with E-state index in [0.717, 1.165) is 59.6 Å². The third-order valence-corrected chi connectivity index (χ3v) is 10.3. The number of carbonyl (C=O) groups excluding carboxylic acids is 2. The lowest BCUT2D eigenvalue weighted by Crippen LogP contribution is -2.40. The number of fused-ring (bicyclic) bond motifs is 4. The number of pyridine rings is 3. The Morgan fingerprint density at radius 3 is 2.62 bits per heavy atom. The lowest BCUT2D eigenvalue weighted by Gasteiger charge is -2.23. The first-order chi connectivity index (χ1) is 22.7. The zero-order valence-corrected chi connectivity index (χ0v) is 27.4. The van der Waals surface area contributed by atoms with Gasteiger partial charge >= 0.3 is 0 Å². The largest absolute Gasteiger partial charge is 0.482 e. The maximum atomic E-state index is 13.8. The number of nitrogens with one attached hydrogen (secondary N) is 1. The van der Waals surface area contributed by atoms with Crippen LogP contribution in [0.1, 0.15) is 77.2 Å². The quantitative estimate of drug-likeness (QED) is 0.217. The van der Waals surface area contributed by atoms with Crippen LogP contribution in [0.5, 0.6) is 5.88 Å². The molecule has 3 fully saturated rings. The van der Waals surface area contributed by atoms with Crippen LogP contribution in [0, 0.1) is 12.8 Å². The van der Waals surface area contributed by atoms with E-state index < -0.39 is 0 Å². The van der Waals surface area contributed by atoms with Crippen LogP contribution in [0.15, 0.2) is 48.7 Å². The number of halogens is 1. The number of nitrogens with two attached hydrogens (primary N) is 1. The first-order valence-electron chi connectivity index (χ1n) is 16.3. The van der Waals surface area contributed by atoms with Gasteiger partial charge < -0.3 is 25.3 Å². The summed E-state index contributed by atoms with van der Waals surface area (Å²) in [7, 11) is 1.62. The maximum Gasteiger partial charge on any atom is 0.254 e. The summed E-state index contributed by atoms with van der Waals surface area (Å²) in [6.07, 6.45) is 6.67. The molecule has 3 aliphatic rings. The Morgan fingerprint density at radius 2 is 1.91 bits per heavy atom. The number of aryl methyl sites for hydroxylation is 1. The molecule has 0 spiro atoms. The molecule has 0 aromatic carbocycles. The molecule has 12 heteroatoms. The van der Waals surface area contributed by atoms with E-state index in [-0.39, 0.29) is 41.1 Å². The molecule has 3 N–H and O–H groups in total. The smallest absolute Gasteiger partial charge is 0.254 e. The fourth-order valence-electron chi connectivity index (χ4n) is 7.51. The van der Waals surface area contributed by atoms with Gasteiger partial charge in [0.1, 0.15) is 22.1 Å². The van der Waals surface area contributed by atoms with Crippen molar-refractivity contribution in [2.45, 2.75) is 76.7 Å². The van der Waals surface area contributed by atoms with Crippen LogP contribution >= 0.6 is 11.6 Å². The number of nitrogens with zero attached hydrogens (tertiary/aromatic N) is 6. The Kier molecular flexibility index (Phi) is 7.21. The van der Waals surface area contributed by atoms with Crippen LogP contribution in [-0.4, -0.2) is 65.9 Å². The van der Waals surface area contributed by atoms with Gasteiger partial charge in [0.2, 0.25) is 0 Å². The first-order valence-corrected chi connectivity index (χ1v) is 16.7. The highest BCUT2D eigenvalue weighted by atomic mass is 35.5. The van der Waals surface area contributed by atoms with Gasteiger partial charge in [0, 0.05) is 53.4 Å². The SMILES string of the molecule is COc1cc(C(=O)N2[C@H]3CC[C@@H]2[C@H](N)C3)cc2nc(-c3cc4ccc([C@@H](C)NC(=O)c5ccnc(Cl)c5)nc4n3CC3CC3)c(C)n12. The highest BCUT2D eigenvalue weighted by Crippen LogP contribution is 2.40. The molecule has 2 aliphatic heterocycles. The van der Waals surface area contributed by atoms with Crippen LogP contribution in [0.4, 0.5) is 0 Å². The molecule has 11 nitrogen and oxygen atoms in total. The molecule has 2 bridgehead atoms. The van der Waals surface area contributed by atoms with Crippen molar-refractivity contribution in [3.8, 4) is 17.3 Å². The zero-order valence-electron chi connectivity index (χ0n) is 26.6. The first kappa shape index (κ1) is 29.9. The molecular formula is C35H37ClN8O3. The number of aromatic nitrogens is 5. The molecule has 1 aliphatic carbocycles. The second-order valence-electron chi connectivity index (χ2n) is 13.2. The lowest BCUT2D eigenvalue weighted by atomic mass is 9.97. The number of methoxy groups -OCH3 is 1. The molecule has 2 saturated heterocycles. The summed E-state index contributed by atoms with van der Waals surface area (Å²) in [5, 5.41) is 4.29. The summed E-state index contributed by atoms with van der Waals surface area (Å²) in [5.74, 6) is 0.872. The van der Waals surface area contributed by atoms with Crippen LogP contribution < -0.4 is 15.8 Å². The normalized spacial score (nSPS) is 21.1. The highest BCUT2D eigenvalue weighted by Gasteiger charge is 2.47. The molecule has 242 valence electrons. The monoisotopic (exact) mass is 652 g/mol. The van der Waals surface area contributed by atoms with Gasteiger partial charge in [0.25, 0.3) is 11.8 Å². The van der Waals surface area contributed by atoms with Crippen molar-refractivity contribution in [3.63, 3.8) is 0 Å². The van der Waals surface area contributed by atoms with Gasteiger partial charge in [0.15, 0.2) is 5.88 Å². The molecule has 47 heavy (non-hydrogen) atoms. The van der Waals surface area contributed by atoms with E-state index in [9.17, 15) is 9.59 Å². The molecule has 5 aromatic heterocycles. The molecular weight excluding hydrogens is 616 g/mol. The Hall–Kier alpha value is -4.48. The molecule has 5 aromatic rings. The van der Waals surface area contributed by atoms with Crippen molar-refractivity contribution in [1.82, 2.24) is 34.1 Å². The molecule has 8 rings (SSSR count). The standard InChI is InChI=1S/C35H37ClN8O3/c1-18(39-34(45)22-10-11-38-29(36)13-22)26-8-6-21-12-28(42(33(21)40-26)17-20-4-5-20)32-19(2)43-30(41-32)14-23(15-31(43)47-3)35(46)44-24-7-9-27(44)25(37)16-24/h6,8,10-15,18,20,24-25,27H,4-5,7,9,16-17,37H2,1-3H3,(H,39,45)/t18-,24+,25-,27-/m1/s1. The fraction of sp³-hybridized carbons (Fsp3) is 0.400. The fourth-order valence-corrected chi connectivity index (χ4v) is 7.69. The minimum atomic E-state index is -0.343. The third-order valence-electron chi connectivity index (χ3n) is 10.1. The minimum Gasteiger partial charge on any atom is -0.482 e. The van der Waals surface area contributed by atoms with Crippen LogP contribution in [0.3, 0.4) is 0 Å². The molecule has 2 amide bonds. The van der Waals surface area contributed by atoms with Gasteiger partial charge in [-0.05, 0) is 88.3 Å². The van der Waals surface area contributed by atoms with Crippen LogP contribution in [0.25, 0.3) is 28.1 Å². The Morgan fingerprint density at radius 1 is 1.09 bits per heavy atom. The number of carbonyl (C=O) groups is 2. The number of imidazole rings is 1. The third kappa shape index (κ3) is 5.12. The van der Waals surface area contributed by atoms with Crippen molar-refractivity contribution < 1.29 is 14.3 Å². The minimum absolute atomic E-state index is 0.0127. The molecule has 0 radical (unpaired) electrons. The van der Waals surface area contributed by atoms with Crippen molar-refractivity contribution in [2.24, 2.45) is 11.7 Å². The Bertz CT molecular complexity index is 2070. The van der Waals surface area contributed by atoms with Crippen LogP contribution in [0.2, 0.25) is 5.15 Å². The van der Waals surface area contributed by atoms with E-state index in [1.807, 2.05) is 47.4 Å². The molecule has 7 heterocycles. The van der Waals surface area contributed by atoms with Gasteiger partial charge in [-0.25, -0.2) is 15.0 Å². The van der Waals surface area contributed by atoms with E-state index >= 15 is 0 Å². The summed E-state index contributed by atoms with van der Waals surface area (Å²) in [6, 6.07) is 13.0. The lowest BCUT2D eigenvalue weighted by molar-refractivity contribution is 0.0725. The van der Waals surface area contributed by atoms with Gasteiger partial charge in [-0.1, -0.05) is 11.6 Å². The van der Waals surface area contributed by atoms with Crippen molar-refractivity contribution in [3.05, 3.63) is 76.3 Å². The Labute approximate surface area is 277 Å². The average Bonchev–Trinajstić information content (AvgIpc) is 3.38. The van der Waals surface area contributed by atoms with E-state index in [1.165, 1.54) is 19.0 Å². The van der Waals surface area contributed by atoms with Gasteiger partial charge in [-0.15, -0.1) is 0 Å². The van der Waals surface area contributed by atoms with Gasteiger partial charge in [0.05, 0.1) is 30.2 Å². The molecule has 1 saturated carbocycles. The molecule has 4 atom stereocenters. The number of hydrogen-bond donors (Lipinski definition) is 2. The second kappa shape index (κ2) is 11.3. The van der Waals surface area contributed by atoms with E-state index in [0.29, 0.717) is 28.6 Å². The molecule has 0 unspecified atom stereocenters. The predicted octanol–water partition coefficient (Wildman–Crippen LogP) is 5.32. The topological polar surface area (TPSA) is 133 Å². The zero-order chi connectivity index (χ0) is 32.6. The number of ether oxygens (including phenoxy) is 1. The summed E-state index contributed by atoms with van der Waals surface area (Å²) >= 11 is 6.00. The van der Waals surface area contributed by atoms with Crippen molar-refractivity contribution in [2.75, 3.05) is 7.11 Å².